The summed E-state index contributed by atoms with van der Waals surface area (Å²) in [6.07, 6.45) is 1.93. The van der Waals surface area contributed by atoms with Crippen LogP contribution in [0, 0.1) is 5.92 Å². The van der Waals surface area contributed by atoms with Crippen LogP contribution in [-0.2, 0) is 9.53 Å². The summed E-state index contributed by atoms with van der Waals surface area (Å²) in [4.78, 5) is 26.1. The molecule has 0 aromatic heterocycles. The van der Waals surface area contributed by atoms with Gasteiger partial charge in [-0.25, -0.2) is 4.79 Å². The average molecular weight is 331 g/mol. The summed E-state index contributed by atoms with van der Waals surface area (Å²) in [5.41, 5.74) is 1.03. The molecule has 1 aliphatic carbocycles. The van der Waals surface area contributed by atoms with E-state index in [-0.39, 0.29) is 29.6 Å². The van der Waals surface area contributed by atoms with Gasteiger partial charge in [-0.1, -0.05) is 6.07 Å². The molecule has 2 N–H and O–H groups in total. The third kappa shape index (κ3) is 4.26. The first-order valence-electron chi connectivity index (χ1n) is 8.47. The number of urea groups is 1. The largest absolute Gasteiger partial charge is 0.369 e. The Balaban J connectivity index is 1.62. The van der Waals surface area contributed by atoms with Gasteiger partial charge in [0.05, 0.1) is 18.2 Å². The van der Waals surface area contributed by atoms with Crippen LogP contribution in [-0.4, -0.2) is 41.6 Å². The maximum atomic E-state index is 12.5. The van der Waals surface area contributed by atoms with Crippen molar-refractivity contribution in [1.29, 1.82) is 0 Å². The van der Waals surface area contributed by atoms with Gasteiger partial charge < -0.3 is 20.3 Å². The number of amides is 3. The molecule has 0 radical (unpaired) electrons. The molecule has 130 valence electrons. The van der Waals surface area contributed by atoms with Crippen LogP contribution in [0.2, 0.25) is 0 Å². The molecule has 1 saturated carbocycles. The van der Waals surface area contributed by atoms with E-state index in [1.54, 1.807) is 11.0 Å². The number of nitrogens with one attached hydrogen (secondary N) is 2. The summed E-state index contributed by atoms with van der Waals surface area (Å²) in [5.74, 6) is 0.211. The van der Waals surface area contributed by atoms with Crippen molar-refractivity contribution in [2.24, 2.45) is 5.92 Å². The lowest BCUT2D eigenvalue weighted by Crippen LogP contribution is -2.54. The van der Waals surface area contributed by atoms with E-state index in [1.165, 1.54) is 0 Å². The molecule has 6 heteroatoms. The number of anilines is 2. The predicted octanol–water partition coefficient (Wildman–Crippen LogP) is 3.07. The van der Waals surface area contributed by atoms with Gasteiger partial charge in [0, 0.05) is 23.8 Å². The van der Waals surface area contributed by atoms with Gasteiger partial charge in [0.25, 0.3) is 0 Å². The second-order valence-electron chi connectivity index (χ2n) is 7.34. The van der Waals surface area contributed by atoms with Crippen LogP contribution < -0.4 is 10.6 Å². The van der Waals surface area contributed by atoms with Crippen molar-refractivity contribution in [3.8, 4) is 0 Å². The second-order valence-corrected chi connectivity index (χ2v) is 7.34. The number of rotatable bonds is 3. The van der Waals surface area contributed by atoms with Crippen LogP contribution >= 0.6 is 0 Å². The molecule has 1 aromatic carbocycles. The lowest BCUT2D eigenvalue weighted by atomic mass is 10.1. The van der Waals surface area contributed by atoms with E-state index in [1.807, 2.05) is 39.0 Å². The molecule has 1 aliphatic heterocycles. The zero-order chi connectivity index (χ0) is 17.3. The number of ether oxygens (including phenoxy) is 1. The van der Waals surface area contributed by atoms with E-state index in [0.717, 1.165) is 12.8 Å². The molecular weight excluding hydrogens is 306 g/mol. The van der Waals surface area contributed by atoms with Crippen LogP contribution in [0.4, 0.5) is 16.2 Å². The summed E-state index contributed by atoms with van der Waals surface area (Å²) in [5, 5.41) is 5.80. The van der Waals surface area contributed by atoms with Crippen molar-refractivity contribution in [3.05, 3.63) is 24.3 Å². The Hall–Kier alpha value is -2.08. The number of hydrogen-bond donors (Lipinski definition) is 2. The number of benzene rings is 1. The average Bonchev–Trinajstić information content (AvgIpc) is 3.30. The van der Waals surface area contributed by atoms with Gasteiger partial charge in [-0.15, -0.1) is 0 Å². The van der Waals surface area contributed by atoms with E-state index in [9.17, 15) is 9.59 Å². The van der Waals surface area contributed by atoms with Crippen molar-refractivity contribution >= 4 is 23.3 Å². The highest BCUT2D eigenvalue weighted by molar-refractivity contribution is 5.95. The second kappa shape index (κ2) is 6.43. The summed E-state index contributed by atoms with van der Waals surface area (Å²) in [6.45, 7) is 7.04. The Morgan fingerprint density at radius 2 is 1.88 bits per heavy atom. The standard InChI is InChI=1S/C18H25N3O3/c1-12-10-21(11-18(2,3)24-12)17(23)20-15-6-4-5-14(9-15)19-16(22)13-7-8-13/h4-6,9,12-13H,7-8,10-11H2,1-3H3,(H,19,22)(H,20,23). The fourth-order valence-electron chi connectivity index (χ4n) is 3.08. The topological polar surface area (TPSA) is 70.7 Å². The maximum Gasteiger partial charge on any atom is 0.322 e. The smallest absolute Gasteiger partial charge is 0.322 e. The molecule has 1 atom stereocenters. The number of carbonyl (C=O) groups excluding carboxylic acids is 2. The first kappa shape index (κ1) is 16.8. The van der Waals surface area contributed by atoms with E-state index >= 15 is 0 Å². The molecule has 1 unspecified atom stereocenters. The van der Waals surface area contributed by atoms with Crippen LogP contribution in [0.1, 0.15) is 33.6 Å². The quantitative estimate of drug-likeness (QED) is 0.894. The summed E-state index contributed by atoms with van der Waals surface area (Å²) in [6, 6.07) is 7.11. The number of carbonyl (C=O) groups is 2. The van der Waals surface area contributed by atoms with E-state index in [0.29, 0.717) is 24.5 Å². The van der Waals surface area contributed by atoms with E-state index in [4.69, 9.17) is 4.74 Å². The normalized spacial score (nSPS) is 22.8. The number of morpholine rings is 1. The van der Waals surface area contributed by atoms with Crippen LogP contribution in [0.15, 0.2) is 24.3 Å². The third-order valence-corrected chi connectivity index (χ3v) is 4.19. The van der Waals surface area contributed by atoms with Gasteiger partial charge >= 0.3 is 6.03 Å². The highest BCUT2D eigenvalue weighted by atomic mass is 16.5. The Morgan fingerprint density at radius 3 is 2.50 bits per heavy atom. The Morgan fingerprint density at radius 1 is 1.21 bits per heavy atom. The molecule has 1 aromatic rings. The zero-order valence-electron chi connectivity index (χ0n) is 14.5. The molecule has 3 amide bonds. The minimum absolute atomic E-state index is 0.00339. The zero-order valence-corrected chi connectivity index (χ0v) is 14.5. The van der Waals surface area contributed by atoms with Gasteiger partial charge in [-0.05, 0) is 51.8 Å². The van der Waals surface area contributed by atoms with Crippen molar-refractivity contribution < 1.29 is 14.3 Å². The first-order valence-corrected chi connectivity index (χ1v) is 8.47. The fourth-order valence-corrected chi connectivity index (χ4v) is 3.08. The lowest BCUT2D eigenvalue weighted by Gasteiger charge is -2.41. The summed E-state index contributed by atoms with van der Waals surface area (Å²) < 4.78 is 5.83. The van der Waals surface area contributed by atoms with Gasteiger partial charge in [0.15, 0.2) is 0 Å². The molecule has 6 nitrogen and oxygen atoms in total. The van der Waals surface area contributed by atoms with Gasteiger partial charge in [0.2, 0.25) is 5.91 Å². The van der Waals surface area contributed by atoms with Gasteiger partial charge in [-0.2, -0.15) is 0 Å². The Bertz CT molecular complexity index is 640. The molecule has 3 rings (SSSR count). The minimum atomic E-state index is -0.352. The highest BCUT2D eigenvalue weighted by Gasteiger charge is 2.33. The van der Waals surface area contributed by atoms with Gasteiger partial charge in [-0.3, -0.25) is 4.79 Å². The third-order valence-electron chi connectivity index (χ3n) is 4.19. The number of hydrogen-bond acceptors (Lipinski definition) is 3. The predicted molar refractivity (Wildman–Crippen MR) is 93.0 cm³/mol. The van der Waals surface area contributed by atoms with Crippen LogP contribution in [0.25, 0.3) is 0 Å². The molecule has 0 bridgehead atoms. The van der Waals surface area contributed by atoms with Crippen molar-refractivity contribution in [2.45, 2.75) is 45.3 Å². The van der Waals surface area contributed by atoms with E-state index < -0.39 is 0 Å². The molecule has 24 heavy (non-hydrogen) atoms. The minimum Gasteiger partial charge on any atom is -0.369 e. The molecule has 0 spiro atoms. The van der Waals surface area contributed by atoms with Crippen molar-refractivity contribution in [2.75, 3.05) is 23.7 Å². The van der Waals surface area contributed by atoms with Crippen LogP contribution in [0.3, 0.4) is 0 Å². The fraction of sp³-hybridized carbons (Fsp3) is 0.556. The molecule has 1 saturated heterocycles. The maximum absolute atomic E-state index is 12.5. The number of nitrogens with zero attached hydrogens (tertiary/aromatic N) is 1. The Labute approximate surface area is 142 Å². The lowest BCUT2D eigenvalue weighted by molar-refractivity contribution is -0.117. The summed E-state index contributed by atoms with van der Waals surface area (Å²) >= 11 is 0. The molecule has 2 fully saturated rings. The SMILES string of the molecule is CC1CN(C(=O)Nc2cccc(NC(=O)C3CC3)c2)CC(C)(C)O1. The molecule has 1 heterocycles. The summed E-state index contributed by atoms with van der Waals surface area (Å²) in [7, 11) is 0. The van der Waals surface area contributed by atoms with E-state index in [2.05, 4.69) is 10.6 Å². The van der Waals surface area contributed by atoms with Crippen molar-refractivity contribution in [1.82, 2.24) is 4.90 Å². The van der Waals surface area contributed by atoms with Gasteiger partial charge in [0.1, 0.15) is 0 Å². The highest BCUT2D eigenvalue weighted by Crippen LogP contribution is 2.30. The van der Waals surface area contributed by atoms with Crippen LogP contribution in [0.5, 0.6) is 0 Å². The molecular formula is C18H25N3O3. The first-order chi connectivity index (χ1) is 11.3. The Kier molecular flexibility index (Phi) is 4.49. The monoisotopic (exact) mass is 331 g/mol. The van der Waals surface area contributed by atoms with Crippen molar-refractivity contribution in [3.63, 3.8) is 0 Å². The molecule has 2 aliphatic rings.